The highest BCUT2D eigenvalue weighted by molar-refractivity contribution is 5.95. The summed E-state index contributed by atoms with van der Waals surface area (Å²) in [6, 6.07) is 0.709. The Labute approximate surface area is 148 Å². The molecule has 1 saturated carbocycles. The predicted molar refractivity (Wildman–Crippen MR) is 85.2 cm³/mol. The van der Waals surface area contributed by atoms with Crippen LogP contribution in [-0.2, 0) is 15.8 Å². The van der Waals surface area contributed by atoms with Crippen LogP contribution < -0.4 is 4.90 Å². The SMILES string of the molecule is CC1C2CN(c3nccc(C(F)(F)F)n3)CCN2C(=O)[C@]12CCC(=O)C2. The summed E-state index contributed by atoms with van der Waals surface area (Å²) in [5, 5.41) is 0. The number of anilines is 1. The van der Waals surface area contributed by atoms with Crippen LogP contribution in [0.1, 0.15) is 31.9 Å². The van der Waals surface area contributed by atoms with Gasteiger partial charge in [-0.15, -0.1) is 0 Å². The maximum absolute atomic E-state index is 12.9. The number of piperazine rings is 1. The monoisotopic (exact) mass is 368 g/mol. The van der Waals surface area contributed by atoms with Gasteiger partial charge in [-0.3, -0.25) is 9.59 Å². The number of ketones is 1. The first kappa shape index (κ1) is 17.2. The van der Waals surface area contributed by atoms with E-state index in [2.05, 4.69) is 9.97 Å². The van der Waals surface area contributed by atoms with E-state index in [4.69, 9.17) is 0 Å². The molecule has 0 bridgehead atoms. The van der Waals surface area contributed by atoms with Crippen molar-refractivity contribution in [2.75, 3.05) is 24.5 Å². The van der Waals surface area contributed by atoms with Crippen molar-refractivity contribution in [1.82, 2.24) is 14.9 Å². The Morgan fingerprint density at radius 2 is 2.04 bits per heavy atom. The molecule has 0 N–H and O–H groups in total. The van der Waals surface area contributed by atoms with Crippen LogP contribution in [0.25, 0.3) is 0 Å². The number of alkyl halides is 3. The highest BCUT2D eigenvalue weighted by atomic mass is 19.4. The molecule has 1 spiro atoms. The average Bonchev–Trinajstić information content (AvgIpc) is 3.10. The zero-order valence-corrected chi connectivity index (χ0v) is 14.3. The van der Waals surface area contributed by atoms with Gasteiger partial charge in [0, 0.05) is 38.7 Å². The van der Waals surface area contributed by atoms with Gasteiger partial charge < -0.3 is 9.80 Å². The van der Waals surface area contributed by atoms with Crippen LogP contribution >= 0.6 is 0 Å². The van der Waals surface area contributed by atoms with Gasteiger partial charge in [0.25, 0.3) is 0 Å². The molecule has 140 valence electrons. The number of carbonyl (C=O) groups is 2. The highest BCUT2D eigenvalue weighted by Gasteiger charge is 2.60. The summed E-state index contributed by atoms with van der Waals surface area (Å²) < 4.78 is 38.7. The van der Waals surface area contributed by atoms with Gasteiger partial charge in [-0.1, -0.05) is 6.92 Å². The minimum absolute atomic E-state index is 0.0189. The second-order valence-electron chi connectivity index (χ2n) is 7.41. The van der Waals surface area contributed by atoms with Crippen molar-refractivity contribution in [3.8, 4) is 0 Å². The molecule has 26 heavy (non-hydrogen) atoms. The van der Waals surface area contributed by atoms with Crippen LogP contribution in [0.3, 0.4) is 0 Å². The lowest BCUT2D eigenvalue weighted by atomic mass is 9.74. The molecule has 0 radical (unpaired) electrons. The molecule has 1 amide bonds. The molecule has 2 unspecified atom stereocenters. The molecule has 9 heteroatoms. The predicted octanol–water partition coefficient (Wildman–Crippen LogP) is 1.90. The lowest BCUT2D eigenvalue weighted by Gasteiger charge is -2.39. The summed E-state index contributed by atoms with van der Waals surface area (Å²) in [7, 11) is 0. The number of Topliss-reactive ketones (excluding diaryl/α,β-unsaturated/α-hetero) is 1. The lowest BCUT2D eigenvalue weighted by molar-refractivity contribution is -0.141. The van der Waals surface area contributed by atoms with Gasteiger partial charge in [-0.05, 0) is 18.4 Å². The Bertz CT molecular complexity index is 769. The molecule has 3 atom stereocenters. The van der Waals surface area contributed by atoms with Crippen molar-refractivity contribution in [1.29, 1.82) is 0 Å². The molecule has 3 heterocycles. The molecule has 3 aliphatic rings. The average molecular weight is 368 g/mol. The van der Waals surface area contributed by atoms with Gasteiger partial charge in [0.15, 0.2) is 0 Å². The Hall–Kier alpha value is -2.19. The van der Waals surface area contributed by atoms with Crippen LogP contribution in [-0.4, -0.2) is 52.2 Å². The molecule has 2 aliphatic heterocycles. The van der Waals surface area contributed by atoms with Gasteiger partial charge in [0.1, 0.15) is 11.5 Å². The Kier molecular flexibility index (Phi) is 3.75. The molecule has 4 rings (SSSR count). The third-order valence-corrected chi connectivity index (χ3v) is 6.13. The fourth-order valence-corrected chi connectivity index (χ4v) is 4.64. The van der Waals surface area contributed by atoms with Gasteiger partial charge in [-0.25, -0.2) is 9.97 Å². The molecule has 2 saturated heterocycles. The van der Waals surface area contributed by atoms with E-state index in [1.54, 1.807) is 9.80 Å². The van der Waals surface area contributed by atoms with Crippen LogP contribution in [0.5, 0.6) is 0 Å². The zero-order valence-electron chi connectivity index (χ0n) is 14.3. The first-order chi connectivity index (χ1) is 12.2. The van der Waals surface area contributed by atoms with Crippen LogP contribution in [0.4, 0.5) is 19.1 Å². The van der Waals surface area contributed by atoms with E-state index in [1.165, 1.54) is 0 Å². The fraction of sp³-hybridized carbons (Fsp3) is 0.647. The van der Waals surface area contributed by atoms with Crippen molar-refractivity contribution in [3.05, 3.63) is 18.0 Å². The maximum Gasteiger partial charge on any atom is 0.433 e. The number of fused-ring (bicyclic) bond motifs is 1. The van der Waals surface area contributed by atoms with Gasteiger partial charge in [-0.2, -0.15) is 13.2 Å². The van der Waals surface area contributed by atoms with Crippen LogP contribution in [0, 0.1) is 11.3 Å². The molecule has 1 aromatic heterocycles. The first-order valence-electron chi connectivity index (χ1n) is 8.70. The van der Waals surface area contributed by atoms with Crippen molar-refractivity contribution in [2.24, 2.45) is 11.3 Å². The Balaban J connectivity index is 1.59. The van der Waals surface area contributed by atoms with Crippen molar-refractivity contribution >= 4 is 17.6 Å². The maximum atomic E-state index is 12.9. The number of amides is 1. The number of halogens is 3. The fourth-order valence-electron chi connectivity index (χ4n) is 4.64. The molecule has 3 fully saturated rings. The molecule has 0 aromatic carbocycles. The Morgan fingerprint density at radius 1 is 1.27 bits per heavy atom. The number of hydrogen-bond acceptors (Lipinski definition) is 5. The normalized spacial score (nSPS) is 31.8. The second kappa shape index (κ2) is 5.65. The quantitative estimate of drug-likeness (QED) is 0.758. The number of carbonyl (C=O) groups excluding carboxylic acids is 2. The first-order valence-corrected chi connectivity index (χ1v) is 8.70. The standard InChI is InChI=1S/C17H19F3N4O2/c1-10-12-9-23(15-21-5-3-13(22-15)17(18,19)20)6-7-24(12)14(26)16(10)4-2-11(25)8-16/h3,5,10,12H,2,4,6-9H2,1H3/t10?,12?,16-/m0/s1. The van der Waals surface area contributed by atoms with E-state index in [9.17, 15) is 22.8 Å². The minimum atomic E-state index is -4.52. The molecule has 1 aromatic rings. The Morgan fingerprint density at radius 3 is 2.69 bits per heavy atom. The summed E-state index contributed by atoms with van der Waals surface area (Å²) in [5.74, 6) is 0.131. The number of hydrogen-bond donors (Lipinski definition) is 0. The topological polar surface area (TPSA) is 66.4 Å². The van der Waals surface area contributed by atoms with E-state index >= 15 is 0 Å². The van der Waals surface area contributed by atoms with Crippen molar-refractivity contribution in [3.63, 3.8) is 0 Å². The summed E-state index contributed by atoms with van der Waals surface area (Å²) in [6.45, 7) is 3.13. The third-order valence-electron chi connectivity index (χ3n) is 6.13. The number of rotatable bonds is 1. The van der Waals surface area contributed by atoms with E-state index in [0.29, 0.717) is 32.5 Å². The zero-order chi connectivity index (χ0) is 18.7. The van der Waals surface area contributed by atoms with Gasteiger partial charge >= 0.3 is 6.18 Å². The summed E-state index contributed by atoms with van der Waals surface area (Å²) >= 11 is 0. The van der Waals surface area contributed by atoms with Crippen molar-refractivity contribution in [2.45, 2.75) is 38.4 Å². The van der Waals surface area contributed by atoms with Crippen molar-refractivity contribution < 1.29 is 22.8 Å². The van der Waals surface area contributed by atoms with Gasteiger partial charge in [0.05, 0.1) is 11.5 Å². The third kappa shape index (κ3) is 2.47. The van der Waals surface area contributed by atoms with Crippen LogP contribution in [0.2, 0.25) is 0 Å². The summed E-state index contributed by atoms with van der Waals surface area (Å²) in [5.41, 5.74) is -1.61. The van der Waals surface area contributed by atoms with E-state index in [-0.39, 0.29) is 36.0 Å². The molecular formula is C17H19F3N4O2. The second-order valence-corrected chi connectivity index (χ2v) is 7.41. The molecular weight excluding hydrogens is 349 g/mol. The smallest absolute Gasteiger partial charge is 0.337 e. The number of nitrogens with zero attached hydrogens (tertiary/aromatic N) is 4. The molecule has 1 aliphatic carbocycles. The summed E-state index contributed by atoms with van der Waals surface area (Å²) in [4.78, 5) is 35.9. The van der Waals surface area contributed by atoms with Crippen LogP contribution in [0.15, 0.2) is 12.3 Å². The van der Waals surface area contributed by atoms with E-state index < -0.39 is 17.3 Å². The molecule has 6 nitrogen and oxygen atoms in total. The van der Waals surface area contributed by atoms with Gasteiger partial charge in [0.2, 0.25) is 11.9 Å². The van der Waals surface area contributed by atoms with E-state index in [1.807, 2.05) is 6.92 Å². The van der Waals surface area contributed by atoms with E-state index in [0.717, 1.165) is 12.3 Å². The highest BCUT2D eigenvalue weighted by Crippen LogP contribution is 2.52. The largest absolute Gasteiger partial charge is 0.433 e. The minimum Gasteiger partial charge on any atom is -0.337 e. The summed E-state index contributed by atoms with van der Waals surface area (Å²) in [6.07, 6.45) is -2.14. The number of aromatic nitrogens is 2. The lowest BCUT2D eigenvalue weighted by Crippen LogP contribution is -2.53.